The van der Waals surface area contributed by atoms with E-state index in [0.717, 1.165) is 18.5 Å². The van der Waals surface area contributed by atoms with E-state index in [1.54, 1.807) is 9.80 Å². The highest BCUT2D eigenvalue weighted by atomic mass is 16.5. The molecule has 1 aliphatic heterocycles. The third-order valence-electron chi connectivity index (χ3n) is 4.02. The lowest BCUT2D eigenvalue weighted by atomic mass is 10.2. The minimum Gasteiger partial charge on any atom is -0.453 e. The molecular weight excluding hydrogens is 274 g/mol. The number of carbonyl (C=O) groups excluding carboxylic acids is 2. The van der Waals surface area contributed by atoms with Crippen LogP contribution in [0.25, 0.3) is 0 Å². The molecule has 0 radical (unpaired) electrons. The third-order valence-corrected chi connectivity index (χ3v) is 4.02. The number of aromatic nitrogens is 2. The van der Waals surface area contributed by atoms with E-state index in [1.165, 1.54) is 7.11 Å². The molecule has 1 aromatic rings. The zero-order valence-corrected chi connectivity index (χ0v) is 12.0. The van der Waals surface area contributed by atoms with Gasteiger partial charge in [0.05, 0.1) is 18.5 Å². The minimum absolute atomic E-state index is 0.180. The number of nitrogen functional groups attached to an aromatic ring is 1. The number of hydrogen-bond donors (Lipinski definition) is 2. The summed E-state index contributed by atoms with van der Waals surface area (Å²) in [5, 5.41) is 6.96. The van der Waals surface area contributed by atoms with Gasteiger partial charge in [0.25, 0.3) is 5.91 Å². The van der Waals surface area contributed by atoms with Gasteiger partial charge in [0.2, 0.25) is 0 Å². The fraction of sp³-hybridized carbons (Fsp3) is 0.615. The summed E-state index contributed by atoms with van der Waals surface area (Å²) < 4.78 is 4.67. The van der Waals surface area contributed by atoms with Crippen LogP contribution in [0.5, 0.6) is 0 Å². The van der Waals surface area contributed by atoms with Crippen LogP contribution in [0.1, 0.15) is 34.9 Å². The Hall–Kier alpha value is -2.25. The summed E-state index contributed by atoms with van der Waals surface area (Å²) in [5.41, 5.74) is 7.67. The van der Waals surface area contributed by atoms with Gasteiger partial charge in [-0.2, -0.15) is 5.10 Å². The lowest BCUT2D eigenvalue weighted by Crippen LogP contribution is -2.50. The van der Waals surface area contributed by atoms with Crippen LogP contribution in [0.15, 0.2) is 0 Å². The monoisotopic (exact) mass is 293 g/mol. The van der Waals surface area contributed by atoms with Crippen molar-refractivity contribution < 1.29 is 14.3 Å². The van der Waals surface area contributed by atoms with E-state index < -0.39 is 0 Å². The number of H-pyrrole nitrogens is 1. The Morgan fingerprint density at radius 1 is 1.24 bits per heavy atom. The topological polar surface area (TPSA) is 105 Å². The van der Waals surface area contributed by atoms with Crippen LogP contribution in [0.2, 0.25) is 0 Å². The first-order chi connectivity index (χ1) is 10.1. The second-order valence-corrected chi connectivity index (χ2v) is 5.42. The van der Waals surface area contributed by atoms with E-state index in [2.05, 4.69) is 14.9 Å². The molecule has 2 heterocycles. The number of nitrogens with one attached hydrogen (secondary N) is 1. The first-order valence-corrected chi connectivity index (χ1v) is 7.07. The van der Waals surface area contributed by atoms with Crippen molar-refractivity contribution in [3.05, 3.63) is 11.4 Å². The zero-order valence-electron chi connectivity index (χ0n) is 12.0. The van der Waals surface area contributed by atoms with E-state index in [4.69, 9.17) is 5.73 Å². The molecular formula is C13H19N5O3. The van der Waals surface area contributed by atoms with E-state index in [9.17, 15) is 9.59 Å². The molecule has 1 saturated heterocycles. The van der Waals surface area contributed by atoms with Crippen molar-refractivity contribution in [1.29, 1.82) is 0 Å². The largest absolute Gasteiger partial charge is 0.453 e. The molecule has 0 unspecified atom stereocenters. The SMILES string of the molecule is COC(=O)N1CCN(C(=O)c2n[nH]c(C3CC3)c2N)CC1. The highest BCUT2D eigenvalue weighted by molar-refractivity contribution is 5.97. The molecule has 2 fully saturated rings. The van der Waals surface area contributed by atoms with Gasteiger partial charge in [0, 0.05) is 32.1 Å². The van der Waals surface area contributed by atoms with Crippen LogP contribution in [0.4, 0.5) is 10.5 Å². The Labute approximate surface area is 122 Å². The summed E-state index contributed by atoms with van der Waals surface area (Å²) in [5.74, 6) is 0.246. The fourth-order valence-corrected chi connectivity index (χ4v) is 2.58. The minimum atomic E-state index is -0.364. The lowest BCUT2D eigenvalue weighted by Gasteiger charge is -2.33. The van der Waals surface area contributed by atoms with Crippen molar-refractivity contribution in [1.82, 2.24) is 20.0 Å². The van der Waals surface area contributed by atoms with Crippen molar-refractivity contribution in [3.8, 4) is 0 Å². The number of carbonyl (C=O) groups is 2. The second-order valence-electron chi connectivity index (χ2n) is 5.42. The van der Waals surface area contributed by atoms with E-state index >= 15 is 0 Å². The van der Waals surface area contributed by atoms with Gasteiger partial charge >= 0.3 is 6.09 Å². The molecule has 0 aromatic carbocycles. The van der Waals surface area contributed by atoms with Crippen LogP contribution in [-0.2, 0) is 4.74 Å². The standard InChI is InChI=1S/C13H19N5O3/c1-21-13(20)18-6-4-17(5-7-18)12(19)11-9(14)10(15-16-11)8-2-3-8/h8H,2-7,14H2,1H3,(H,15,16). The molecule has 1 saturated carbocycles. The van der Waals surface area contributed by atoms with Crippen LogP contribution in [0.3, 0.4) is 0 Å². The van der Waals surface area contributed by atoms with Gasteiger partial charge in [-0.15, -0.1) is 0 Å². The van der Waals surface area contributed by atoms with E-state index in [1.807, 2.05) is 0 Å². The molecule has 1 aliphatic carbocycles. The highest BCUT2D eigenvalue weighted by Gasteiger charge is 2.32. The maximum Gasteiger partial charge on any atom is 0.409 e. The molecule has 3 N–H and O–H groups in total. The molecule has 114 valence electrons. The molecule has 1 aromatic heterocycles. The van der Waals surface area contributed by atoms with Crippen LogP contribution >= 0.6 is 0 Å². The maximum absolute atomic E-state index is 12.5. The maximum atomic E-state index is 12.5. The average molecular weight is 293 g/mol. The molecule has 2 aliphatic rings. The van der Waals surface area contributed by atoms with E-state index in [0.29, 0.717) is 43.5 Å². The predicted molar refractivity (Wildman–Crippen MR) is 74.9 cm³/mol. The molecule has 8 heteroatoms. The molecule has 2 amide bonds. The van der Waals surface area contributed by atoms with Gasteiger partial charge in [0.1, 0.15) is 0 Å². The van der Waals surface area contributed by atoms with Gasteiger partial charge in [-0.1, -0.05) is 0 Å². The van der Waals surface area contributed by atoms with Crippen molar-refractivity contribution in [2.45, 2.75) is 18.8 Å². The Morgan fingerprint density at radius 2 is 1.86 bits per heavy atom. The number of methoxy groups -OCH3 is 1. The van der Waals surface area contributed by atoms with Crippen molar-refractivity contribution in [2.75, 3.05) is 39.0 Å². The third kappa shape index (κ3) is 2.53. The number of aromatic amines is 1. The summed E-state index contributed by atoms with van der Waals surface area (Å²) in [7, 11) is 1.35. The number of anilines is 1. The summed E-state index contributed by atoms with van der Waals surface area (Å²) in [6, 6.07) is 0. The smallest absolute Gasteiger partial charge is 0.409 e. The molecule has 0 bridgehead atoms. The summed E-state index contributed by atoms with van der Waals surface area (Å²) in [4.78, 5) is 27.1. The number of rotatable bonds is 2. The number of amides is 2. The number of nitrogens with two attached hydrogens (primary N) is 1. The Morgan fingerprint density at radius 3 is 2.43 bits per heavy atom. The Balaban J connectivity index is 1.65. The molecule has 8 nitrogen and oxygen atoms in total. The van der Waals surface area contributed by atoms with Crippen LogP contribution in [0, 0.1) is 0 Å². The second kappa shape index (κ2) is 5.27. The molecule has 0 atom stereocenters. The average Bonchev–Trinajstić information content (AvgIpc) is 3.29. The predicted octanol–water partition coefficient (Wildman–Crippen LogP) is 0.393. The quantitative estimate of drug-likeness (QED) is 0.821. The van der Waals surface area contributed by atoms with Gasteiger partial charge in [-0.3, -0.25) is 9.89 Å². The van der Waals surface area contributed by atoms with Crippen molar-refractivity contribution >= 4 is 17.7 Å². The fourth-order valence-electron chi connectivity index (χ4n) is 2.58. The highest BCUT2D eigenvalue weighted by Crippen LogP contribution is 2.42. The Kier molecular flexibility index (Phi) is 3.44. The number of nitrogens with zero attached hydrogens (tertiary/aromatic N) is 3. The van der Waals surface area contributed by atoms with Crippen LogP contribution < -0.4 is 5.73 Å². The van der Waals surface area contributed by atoms with Gasteiger partial charge < -0.3 is 20.3 Å². The van der Waals surface area contributed by atoms with Crippen molar-refractivity contribution in [2.24, 2.45) is 0 Å². The normalized spacial score (nSPS) is 18.7. The summed E-state index contributed by atoms with van der Waals surface area (Å²) >= 11 is 0. The van der Waals surface area contributed by atoms with Gasteiger partial charge in [-0.25, -0.2) is 4.79 Å². The molecule has 0 spiro atoms. The van der Waals surface area contributed by atoms with Crippen LogP contribution in [-0.4, -0.2) is 65.3 Å². The number of hydrogen-bond acceptors (Lipinski definition) is 5. The first kappa shape index (κ1) is 13.7. The molecule has 3 rings (SSSR count). The first-order valence-electron chi connectivity index (χ1n) is 7.07. The summed E-state index contributed by atoms with van der Waals surface area (Å²) in [6.07, 6.45) is 1.83. The van der Waals surface area contributed by atoms with Gasteiger partial charge in [-0.05, 0) is 12.8 Å². The van der Waals surface area contributed by atoms with E-state index in [-0.39, 0.29) is 12.0 Å². The molecule has 21 heavy (non-hydrogen) atoms. The number of piperazine rings is 1. The summed E-state index contributed by atoms with van der Waals surface area (Å²) in [6.45, 7) is 1.83. The van der Waals surface area contributed by atoms with Gasteiger partial charge in [0.15, 0.2) is 5.69 Å². The lowest BCUT2D eigenvalue weighted by molar-refractivity contribution is 0.0595. The Bertz CT molecular complexity index is 558. The van der Waals surface area contributed by atoms with Crippen molar-refractivity contribution in [3.63, 3.8) is 0 Å². The number of ether oxygens (including phenoxy) is 1. The zero-order chi connectivity index (χ0) is 15.0.